The van der Waals surface area contributed by atoms with Crippen LogP contribution in [0.5, 0.6) is 0 Å². The Morgan fingerprint density at radius 3 is 2.94 bits per heavy atom. The maximum Gasteiger partial charge on any atom is 0.0943 e. The van der Waals surface area contributed by atoms with E-state index in [1.165, 1.54) is 5.56 Å². The summed E-state index contributed by atoms with van der Waals surface area (Å²) >= 11 is 0. The van der Waals surface area contributed by atoms with Gasteiger partial charge >= 0.3 is 0 Å². The van der Waals surface area contributed by atoms with Crippen molar-refractivity contribution in [3.8, 4) is 0 Å². The van der Waals surface area contributed by atoms with Crippen molar-refractivity contribution in [1.82, 2.24) is 4.98 Å². The van der Waals surface area contributed by atoms with E-state index in [1.807, 2.05) is 18.2 Å². The van der Waals surface area contributed by atoms with Crippen molar-refractivity contribution in [2.75, 3.05) is 5.73 Å². The molecule has 0 saturated heterocycles. The molecule has 1 aliphatic rings. The molecule has 0 aliphatic heterocycles. The zero-order valence-electron chi connectivity index (χ0n) is 10.1. The number of aromatic nitrogens is 1. The number of nitrogen functional groups attached to an aromatic ring is 1. The van der Waals surface area contributed by atoms with E-state index >= 15 is 0 Å². The highest BCUT2D eigenvalue weighted by molar-refractivity contribution is 5.47. The quantitative estimate of drug-likeness (QED) is 0.844. The highest BCUT2D eigenvalue weighted by Gasteiger charge is 2.36. The normalized spacial score (nSPS) is 21.8. The summed E-state index contributed by atoms with van der Waals surface area (Å²) in [6, 6.07) is 9.86. The molecule has 3 heteroatoms. The van der Waals surface area contributed by atoms with Crippen molar-refractivity contribution in [3.05, 3.63) is 59.4 Å². The molecule has 3 rings (SSSR count). The van der Waals surface area contributed by atoms with Gasteiger partial charge in [-0.05, 0) is 35.6 Å². The Balaban J connectivity index is 1.96. The minimum Gasteiger partial charge on any atom is -0.398 e. The van der Waals surface area contributed by atoms with Gasteiger partial charge in [-0.1, -0.05) is 24.3 Å². The molecule has 0 saturated carbocycles. The summed E-state index contributed by atoms with van der Waals surface area (Å²) in [6.07, 6.45) is 5.62. The van der Waals surface area contributed by atoms with Crippen LogP contribution in [0.4, 0.5) is 5.69 Å². The lowest BCUT2D eigenvalue weighted by Gasteiger charge is -2.24. The molecule has 1 aromatic heterocycles. The first kappa shape index (κ1) is 11.2. The van der Waals surface area contributed by atoms with E-state index in [0.29, 0.717) is 12.1 Å². The van der Waals surface area contributed by atoms with E-state index in [4.69, 9.17) is 5.73 Å². The predicted octanol–water partition coefficient (Wildman–Crippen LogP) is 2.04. The van der Waals surface area contributed by atoms with Crippen LogP contribution in [-0.4, -0.2) is 10.1 Å². The average molecular weight is 240 g/mol. The summed E-state index contributed by atoms with van der Waals surface area (Å²) < 4.78 is 0. The Hall–Kier alpha value is -1.87. The Bertz CT molecular complexity index is 582. The lowest BCUT2D eigenvalue weighted by Crippen LogP contribution is -2.25. The fourth-order valence-corrected chi connectivity index (χ4v) is 2.75. The number of hydrogen-bond acceptors (Lipinski definition) is 3. The molecule has 1 unspecified atom stereocenters. The summed E-state index contributed by atoms with van der Waals surface area (Å²) in [4.78, 5) is 4.08. The van der Waals surface area contributed by atoms with E-state index in [-0.39, 0.29) is 0 Å². The maximum atomic E-state index is 10.8. The first-order valence-electron chi connectivity index (χ1n) is 6.18. The second-order valence-electron chi connectivity index (χ2n) is 4.94. The summed E-state index contributed by atoms with van der Waals surface area (Å²) in [5.74, 6) is 0. The number of nitrogens with two attached hydrogens (primary N) is 1. The number of pyridine rings is 1. The van der Waals surface area contributed by atoms with Gasteiger partial charge in [0.2, 0.25) is 0 Å². The van der Waals surface area contributed by atoms with Crippen LogP contribution in [0.2, 0.25) is 0 Å². The Labute approximate surface area is 106 Å². The minimum atomic E-state index is -0.798. The third-order valence-electron chi connectivity index (χ3n) is 3.75. The molecular formula is C15H16N2O. The fourth-order valence-electron chi connectivity index (χ4n) is 2.75. The van der Waals surface area contributed by atoms with Crippen LogP contribution in [0.1, 0.15) is 23.1 Å². The zero-order valence-corrected chi connectivity index (χ0v) is 10.1. The predicted molar refractivity (Wildman–Crippen MR) is 71.0 cm³/mol. The number of aliphatic hydroxyl groups is 1. The maximum absolute atomic E-state index is 10.8. The van der Waals surface area contributed by atoms with Gasteiger partial charge < -0.3 is 10.8 Å². The number of nitrogens with zero attached hydrogens (tertiary/aromatic N) is 1. The van der Waals surface area contributed by atoms with Gasteiger partial charge in [-0.2, -0.15) is 0 Å². The number of hydrogen-bond donors (Lipinski definition) is 2. The Kier molecular flexibility index (Phi) is 2.56. The van der Waals surface area contributed by atoms with E-state index in [1.54, 1.807) is 18.5 Å². The highest BCUT2D eigenvalue weighted by Crippen LogP contribution is 2.39. The average Bonchev–Trinajstić information content (AvgIpc) is 2.71. The van der Waals surface area contributed by atoms with Crippen molar-refractivity contribution >= 4 is 5.69 Å². The van der Waals surface area contributed by atoms with Gasteiger partial charge in [0.25, 0.3) is 0 Å². The molecule has 3 nitrogen and oxygen atoms in total. The first-order chi connectivity index (χ1) is 8.69. The van der Waals surface area contributed by atoms with E-state index in [2.05, 4.69) is 11.1 Å². The van der Waals surface area contributed by atoms with Crippen molar-refractivity contribution < 1.29 is 5.11 Å². The van der Waals surface area contributed by atoms with E-state index in [9.17, 15) is 5.11 Å². The van der Waals surface area contributed by atoms with Crippen LogP contribution in [0.25, 0.3) is 0 Å². The number of benzene rings is 1. The molecule has 1 heterocycles. The van der Waals surface area contributed by atoms with Crippen LogP contribution in [0, 0.1) is 0 Å². The fraction of sp³-hybridized carbons (Fsp3) is 0.267. The van der Waals surface area contributed by atoms with Crippen LogP contribution < -0.4 is 5.73 Å². The summed E-state index contributed by atoms with van der Waals surface area (Å²) in [7, 11) is 0. The van der Waals surface area contributed by atoms with Crippen molar-refractivity contribution in [3.63, 3.8) is 0 Å². The molecule has 0 amide bonds. The molecule has 3 N–H and O–H groups in total. The van der Waals surface area contributed by atoms with Gasteiger partial charge in [-0.15, -0.1) is 0 Å². The molecule has 92 valence electrons. The molecule has 1 atom stereocenters. The zero-order chi connectivity index (χ0) is 12.6. The molecule has 0 spiro atoms. The largest absolute Gasteiger partial charge is 0.398 e. The summed E-state index contributed by atoms with van der Waals surface area (Å²) in [5.41, 5.74) is 9.01. The van der Waals surface area contributed by atoms with Crippen LogP contribution in [0.15, 0.2) is 42.7 Å². The van der Waals surface area contributed by atoms with Crippen LogP contribution >= 0.6 is 0 Å². The lowest BCUT2D eigenvalue weighted by atomic mass is 9.89. The third-order valence-corrected chi connectivity index (χ3v) is 3.75. The Morgan fingerprint density at radius 2 is 2.11 bits per heavy atom. The first-order valence-corrected chi connectivity index (χ1v) is 6.18. The Morgan fingerprint density at radius 1 is 1.28 bits per heavy atom. The van der Waals surface area contributed by atoms with E-state index < -0.39 is 5.60 Å². The van der Waals surface area contributed by atoms with Gasteiger partial charge in [0.05, 0.1) is 5.60 Å². The molecular weight excluding hydrogens is 224 g/mol. The van der Waals surface area contributed by atoms with Crippen LogP contribution in [-0.2, 0) is 18.4 Å². The van der Waals surface area contributed by atoms with Gasteiger partial charge in [-0.3, -0.25) is 4.98 Å². The van der Waals surface area contributed by atoms with Gasteiger partial charge in [-0.25, -0.2) is 0 Å². The van der Waals surface area contributed by atoms with Gasteiger partial charge in [0, 0.05) is 24.5 Å². The number of aryl methyl sites for hydroxylation is 1. The summed E-state index contributed by atoms with van der Waals surface area (Å²) in [5, 5.41) is 10.8. The van der Waals surface area contributed by atoms with Gasteiger partial charge in [0.1, 0.15) is 0 Å². The standard InChI is InChI=1S/C15H16N2O/c16-14-6-8-17-10-12(14)9-15(18)7-5-11-3-1-2-4-13(11)15/h1-4,6,8,10,18H,5,7,9H2,(H2,16,17). The van der Waals surface area contributed by atoms with Gasteiger partial charge in [0.15, 0.2) is 0 Å². The molecule has 1 aromatic carbocycles. The highest BCUT2D eigenvalue weighted by atomic mass is 16.3. The summed E-state index contributed by atoms with van der Waals surface area (Å²) in [6.45, 7) is 0. The van der Waals surface area contributed by atoms with Crippen molar-refractivity contribution in [1.29, 1.82) is 0 Å². The molecule has 1 aliphatic carbocycles. The second-order valence-corrected chi connectivity index (χ2v) is 4.94. The number of fused-ring (bicyclic) bond motifs is 1. The number of anilines is 1. The van der Waals surface area contributed by atoms with Crippen molar-refractivity contribution in [2.24, 2.45) is 0 Å². The minimum absolute atomic E-state index is 0.531. The molecule has 0 bridgehead atoms. The third kappa shape index (κ3) is 1.77. The SMILES string of the molecule is Nc1ccncc1CC1(O)CCc2ccccc21. The molecule has 0 radical (unpaired) electrons. The number of rotatable bonds is 2. The van der Waals surface area contributed by atoms with Crippen molar-refractivity contribution in [2.45, 2.75) is 24.9 Å². The topological polar surface area (TPSA) is 59.1 Å². The second kappa shape index (κ2) is 4.10. The smallest absolute Gasteiger partial charge is 0.0943 e. The van der Waals surface area contributed by atoms with E-state index in [0.717, 1.165) is 24.0 Å². The monoisotopic (exact) mass is 240 g/mol. The lowest BCUT2D eigenvalue weighted by molar-refractivity contribution is 0.0390. The molecule has 18 heavy (non-hydrogen) atoms. The molecule has 0 fully saturated rings. The molecule has 2 aromatic rings. The van der Waals surface area contributed by atoms with Crippen LogP contribution in [0.3, 0.4) is 0 Å².